The van der Waals surface area contributed by atoms with E-state index in [0.717, 1.165) is 5.56 Å². The first-order chi connectivity index (χ1) is 7.52. The second-order valence-corrected chi connectivity index (χ2v) is 6.95. The Bertz CT molecular complexity index is 330. The van der Waals surface area contributed by atoms with Gasteiger partial charge in [0.15, 0.2) is 5.78 Å². The zero-order valence-corrected chi connectivity index (χ0v) is 12.3. The van der Waals surface area contributed by atoms with Crippen LogP contribution in [-0.2, 0) is 0 Å². The predicted molar refractivity (Wildman–Crippen MR) is 75.4 cm³/mol. The maximum atomic E-state index is 11.7. The van der Waals surface area contributed by atoms with Gasteiger partial charge in [-0.3, -0.25) is 4.79 Å². The number of rotatable bonds is 1. The quantitative estimate of drug-likeness (QED) is 0.627. The van der Waals surface area contributed by atoms with Gasteiger partial charge in [0.2, 0.25) is 0 Å². The fraction of sp³-hybridized carbons (Fsp3) is 0.562. The molecule has 0 atom stereocenters. The third kappa shape index (κ3) is 8.67. The Labute approximate surface area is 106 Å². The molecule has 0 fully saturated rings. The number of ketones is 1. The lowest BCUT2D eigenvalue weighted by atomic mass is 9.87. The smallest absolute Gasteiger partial charge is 0.168 e. The van der Waals surface area contributed by atoms with Crippen LogP contribution in [-0.4, -0.2) is 5.78 Å². The molecule has 0 radical (unpaired) electrons. The lowest BCUT2D eigenvalue weighted by molar-refractivity contribution is 0.0858. The maximum absolute atomic E-state index is 11.7. The minimum absolute atomic E-state index is 0.197. The van der Waals surface area contributed by atoms with Crippen LogP contribution in [0.25, 0.3) is 0 Å². The molecule has 96 valence electrons. The average molecular weight is 234 g/mol. The standard InChI is InChI=1S/C11H14O.C5H12/c1-11(2,3)10(12)9-7-5-4-6-8-9;1-5(2,3)4/h4-8H,1-3H3;1-4H3. The van der Waals surface area contributed by atoms with Crippen LogP contribution in [0.5, 0.6) is 0 Å². The Morgan fingerprint density at radius 2 is 1.18 bits per heavy atom. The molecule has 0 bridgehead atoms. The van der Waals surface area contributed by atoms with Crippen LogP contribution in [0.2, 0.25) is 0 Å². The van der Waals surface area contributed by atoms with Gasteiger partial charge < -0.3 is 0 Å². The summed E-state index contributed by atoms with van der Waals surface area (Å²) in [7, 11) is 0. The van der Waals surface area contributed by atoms with Crippen molar-refractivity contribution in [3.8, 4) is 0 Å². The first-order valence-corrected chi connectivity index (χ1v) is 6.11. The summed E-state index contributed by atoms with van der Waals surface area (Å²) < 4.78 is 0. The van der Waals surface area contributed by atoms with Gasteiger partial charge in [-0.1, -0.05) is 78.8 Å². The van der Waals surface area contributed by atoms with Crippen molar-refractivity contribution in [3.05, 3.63) is 35.9 Å². The first kappa shape index (κ1) is 15.9. The van der Waals surface area contributed by atoms with E-state index in [-0.39, 0.29) is 11.2 Å². The van der Waals surface area contributed by atoms with E-state index in [1.54, 1.807) is 0 Å². The molecule has 1 aromatic carbocycles. The van der Waals surface area contributed by atoms with Crippen molar-refractivity contribution in [1.29, 1.82) is 0 Å². The zero-order valence-electron chi connectivity index (χ0n) is 12.3. The molecular weight excluding hydrogens is 208 g/mol. The fourth-order valence-corrected chi connectivity index (χ4v) is 1.02. The SMILES string of the molecule is CC(C)(C)C.CC(C)(C)C(=O)c1ccccc1. The van der Waals surface area contributed by atoms with Gasteiger partial charge in [-0.15, -0.1) is 0 Å². The van der Waals surface area contributed by atoms with Crippen LogP contribution in [0, 0.1) is 10.8 Å². The van der Waals surface area contributed by atoms with Crippen molar-refractivity contribution in [2.24, 2.45) is 10.8 Å². The Balaban J connectivity index is 0.000000437. The van der Waals surface area contributed by atoms with E-state index in [0.29, 0.717) is 5.41 Å². The molecule has 17 heavy (non-hydrogen) atoms. The minimum Gasteiger partial charge on any atom is -0.294 e. The minimum atomic E-state index is -0.276. The molecule has 0 unspecified atom stereocenters. The van der Waals surface area contributed by atoms with Crippen molar-refractivity contribution in [3.63, 3.8) is 0 Å². The van der Waals surface area contributed by atoms with Crippen LogP contribution < -0.4 is 0 Å². The highest BCUT2D eigenvalue weighted by Crippen LogP contribution is 2.20. The molecule has 0 amide bonds. The number of benzene rings is 1. The molecule has 0 saturated heterocycles. The Hall–Kier alpha value is -1.11. The van der Waals surface area contributed by atoms with E-state index in [9.17, 15) is 4.79 Å². The van der Waals surface area contributed by atoms with Crippen molar-refractivity contribution in [2.45, 2.75) is 48.5 Å². The molecule has 1 heteroatoms. The molecule has 0 spiro atoms. The number of Topliss-reactive ketones (excluding diaryl/α,β-unsaturated/α-hetero) is 1. The predicted octanol–water partition coefficient (Wildman–Crippen LogP) is 4.97. The van der Waals surface area contributed by atoms with Crippen molar-refractivity contribution >= 4 is 5.78 Å². The summed E-state index contributed by atoms with van der Waals surface area (Å²) in [5.74, 6) is 0.197. The van der Waals surface area contributed by atoms with Crippen molar-refractivity contribution in [1.82, 2.24) is 0 Å². The van der Waals surface area contributed by atoms with Crippen LogP contribution in [0.3, 0.4) is 0 Å². The molecular formula is C16H26O. The summed E-state index contributed by atoms with van der Waals surface area (Å²) in [5, 5.41) is 0. The van der Waals surface area contributed by atoms with E-state index in [2.05, 4.69) is 27.7 Å². The molecule has 0 aromatic heterocycles. The van der Waals surface area contributed by atoms with Gasteiger partial charge in [0, 0.05) is 11.0 Å². The number of carbonyl (C=O) groups excluding carboxylic acids is 1. The van der Waals surface area contributed by atoms with Crippen LogP contribution >= 0.6 is 0 Å². The molecule has 0 N–H and O–H groups in total. The topological polar surface area (TPSA) is 17.1 Å². The highest BCUT2D eigenvalue weighted by atomic mass is 16.1. The van der Waals surface area contributed by atoms with Crippen LogP contribution in [0.4, 0.5) is 0 Å². The van der Waals surface area contributed by atoms with Gasteiger partial charge in [0.05, 0.1) is 0 Å². The first-order valence-electron chi connectivity index (χ1n) is 6.11. The summed E-state index contributed by atoms with van der Waals surface area (Å²) in [6.07, 6.45) is 0. The fourth-order valence-electron chi connectivity index (χ4n) is 1.02. The molecule has 0 aliphatic heterocycles. The molecule has 1 nitrogen and oxygen atoms in total. The van der Waals surface area contributed by atoms with Gasteiger partial charge in [0.1, 0.15) is 0 Å². The van der Waals surface area contributed by atoms with Crippen molar-refractivity contribution < 1.29 is 4.79 Å². The van der Waals surface area contributed by atoms with Crippen LogP contribution in [0.1, 0.15) is 58.8 Å². The van der Waals surface area contributed by atoms with Gasteiger partial charge in [0.25, 0.3) is 0 Å². The number of hydrogen-bond acceptors (Lipinski definition) is 1. The summed E-state index contributed by atoms with van der Waals surface area (Å²) in [6, 6.07) is 9.40. The van der Waals surface area contributed by atoms with Gasteiger partial charge in [-0.25, -0.2) is 0 Å². The molecule has 1 rings (SSSR count). The van der Waals surface area contributed by atoms with E-state index in [1.807, 2.05) is 51.1 Å². The molecule has 0 aliphatic rings. The second kappa shape index (κ2) is 6.00. The largest absolute Gasteiger partial charge is 0.294 e. The summed E-state index contributed by atoms with van der Waals surface area (Å²) in [4.78, 5) is 11.7. The normalized spacial score (nSPS) is 11.5. The monoisotopic (exact) mass is 234 g/mol. The summed E-state index contributed by atoms with van der Waals surface area (Å²) in [6.45, 7) is 14.5. The van der Waals surface area contributed by atoms with Gasteiger partial charge in [-0.05, 0) is 5.41 Å². The summed E-state index contributed by atoms with van der Waals surface area (Å²) in [5.41, 5.74) is 1.02. The second-order valence-electron chi connectivity index (χ2n) is 6.95. The lowest BCUT2D eigenvalue weighted by Crippen LogP contribution is -2.19. The highest BCUT2D eigenvalue weighted by Gasteiger charge is 2.21. The zero-order chi connectivity index (χ0) is 13.7. The van der Waals surface area contributed by atoms with Crippen molar-refractivity contribution in [2.75, 3.05) is 0 Å². The average Bonchev–Trinajstić information content (AvgIpc) is 2.14. The van der Waals surface area contributed by atoms with Gasteiger partial charge >= 0.3 is 0 Å². The maximum Gasteiger partial charge on any atom is 0.168 e. The van der Waals surface area contributed by atoms with E-state index >= 15 is 0 Å². The molecule has 1 aromatic rings. The third-order valence-corrected chi connectivity index (χ3v) is 1.72. The van der Waals surface area contributed by atoms with E-state index < -0.39 is 0 Å². The number of carbonyl (C=O) groups is 1. The molecule has 0 saturated carbocycles. The van der Waals surface area contributed by atoms with Gasteiger partial charge in [-0.2, -0.15) is 0 Å². The third-order valence-electron chi connectivity index (χ3n) is 1.72. The Morgan fingerprint density at radius 3 is 1.47 bits per heavy atom. The van der Waals surface area contributed by atoms with Crippen LogP contribution in [0.15, 0.2) is 30.3 Å². The molecule has 0 aliphatic carbocycles. The number of hydrogen-bond donors (Lipinski definition) is 0. The molecule has 0 heterocycles. The Morgan fingerprint density at radius 1 is 0.824 bits per heavy atom. The van der Waals surface area contributed by atoms with E-state index in [1.165, 1.54) is 0 Å². The van der Waals surface area contributed by atoms with E-state index in [4.69, 9.17) is 0 Å². The lowest BCUT2D eigenvalue weighted by Gasteiger charge is -2.16. The summed E-state index contributed by atoms with van der Waals surface area (Å²) >= 11 is 0. The Kier molecular flexibility index (Phi) is 5.60. The highest BCUT2D eigenvalue weighted by molar-refractivity contribution is 5.99.